The van der Waals surface area contributed by atoms with E-state index in [1.54, 1.807) is 62.1 Å². The van der Waals surface area contributed by atoms with E-state index in [4.69, 9.17) is 0 Å². The van der Waals surface area contributed by atoms with Crippen LogP contribution in [0.25, 0.3) is 0 Å². The van der Waals surface area contributed by atoms with E-state index in [0.29, 0.717) is 29.9 Å². The second-order valence-electron chi connectivity index (χ2n) is 8.47. The van der Waals surface area contributed by atoms with E-state index in [1.165, 1.54) is 6.92 Å². The van der Waals surface area contributed by atoms with Crippen LogP contribution in [-0.2, 0) is 32.6 Å². The predicted octanol–water partition coefficient (Wildman–Crippen LogP) is 3.38. The summed E-state index contributed by atoms with van der Waals surface area (Å²) in [6, 6.07) is 11.8. The minimum atomic E-state index is -3.88. The quantitative estimate of drug-likeness (QED) is 0.779. The van der Waals surface area contributed by atoms with Gasteiger partial charge in [0.1, 0.15) is 0 Å². The fraction of sp³-hybridized carbons (Fsp3) is 0.364. The monoisotopic (exact) mass is 429 g/mol. The Morgan fingerprint density at radius 3 is 2.37 bits per heavy atom. The normalized spacial score (nSPS) is 14.1. The van der Waals surface area contributed by atoms with Gasteiger partial charge in [0.05, 0.1) is 10.6 Å². The zero-order valence-corrected chi connectivity index (χ0v) is 18.5. The molecule has 0 aromatic heterocycles. The maximum absolute atomic E-state index is 13.1. The SMILES string of the molecule is CC(=O)N1CCc2cccc(S(=O)(=O)Nc3cccc(NC(=O)C(C)(C)C)c3)c2C1. The zero-order valence-electron chi connectivity index (χ0n) is 17.7. The molecule has 0 radical (unpaired) electrons. The number of rotatable bonds is 4. The van der Waals surface area contributed by atoms with Crippen LogP contribution >= 0.6 is 0 Å². The highest BCUT2D eigenvalue weighted by Gasteiger charge is 2.26. The first-order valence-corrected chi connectivity index (χ1v) is 11.3. The molecule has 7 nitrogen and oxygen atoms in total. The number of hydrogen-bond acceptors (Lipinski definition) is 4. The summed E-state index contributed by atoms with van der Waals surface area (Å²) in [5.74, 6) is -0.243. The number of sulfonamides is 1. The van der Waals surface area contributed by atoms with E-state index in [2.05, 4.69) is 10.0 Å². The lowest BCUT2D eigenvalue weighted by Crippen LogP contribution is -2.35. The van der Waals surface area contributed by atoms with Crippen LogP contribution in [-0.4, -0.2) is 31.7 Å². The van der Waals surface area contributed by atoms with Gasteiger partial charge < -0.3 is 10.2 Å². The highest BCUT2D eigenvalue weighted by molar-refractivity contribution is 7.92. The van der Waals surface area contributed by atoms with Crippen LogP contribution in [0.2, 0.25) is 0 Å². The molecule has 0 saturated heterocycles. The van der Waals surface area contributed by atoms with Crippen LogP contribution in [0.5, 0.6) is 0 Å². The summed E-state index contributed by atoms with van der Waals surface area (Å²) in [6.45, 7) is 7.74. The Hall–Kier alpha value is -2.87. The van der Waals surface area contributed by atoms with Gasteiger partial charge in [-0.05, 0) is 41.8 Å². The fourth-order valence-corrected chi connectivity index (χ4v) is 4.58. The van der Waals surface area contributed by atoms with Gasteiger partial charge in [0.2, 0.25) is 11.8 Å². The first kappa shape index (κ1) is 21.8. The Balaban J connectivity index is 1.87. The van der Waals surface area contributed by atoms with E-state index < -0.39 is 15.4 Å². The molecule has 3 rings (SSSR count). The topological polar surface area (TPSA) is 95.6 Å². The van der Waals surface area contributed by atoms with Gasteiger partial charge in [-0.15, -0.1) is 0 Å². The molecule has 0 aliphatic carbocycles. The van der Waals surface area contributed by atoms with E-state index in [0.717, 1.165) is 5.56 Å². The molecule has 0 bridgehead atoms. The number of hydrogen-bond donors (Lipinski definition) is 2. The average Bonchev–Trinajstić information content (AvgIpc) is 2.66. The van der Waals surface area contributed by atoms with Crippen LogP contribution in [0.3, 0.4) is 0 Å². The van der Waals surface area contributed by atoms with E-state index in [9.17, 15) is 18.0 Å². The van der Waals surface area contributed by atoms with Crippen molar-refractivity contribution < 1.29 is 18.0 Å². The van der Waals surface area contributed by atoms with Crippen molar-refractivity contribution in [3.8, 4) is 0 Å². The van der Waals surface area contributed by atoms with Crippen molar-refractivity contribution in [1.29, 1.82) is 0 Å². The summed E-state index contributed by atoms with van der Waals surface area (Å²) >= 11 is 0. The van der Waals surface area contributed by atoms with Gasteiger partial charge in [-0.1, -0.05) is 39.0 Å². The number of carbonyl (C=O) groups is 2. The van der Waals surface area contributed by atoms with Crippen molar-refractivity contribution in [3.63, 3.8) is 0 Å². The number of carbonyl (C=O) groups excluding carboxylic acids is 2. The minimum Gasteiger partial charge on any atom is -0.338 e. The van der Waals surface area contributed by atoms with Crippen LogP contribution < -0.4 is 10.0 Å². The summed E-state index contributed by atoms with van der Waals surface area (Å²) < 4.78 is 28.9. The number of nitrogens with zero attached hydrogens (tertiary/aromatic N) is 1. The van der Waals surface area contributed by atoms with Crippen molar-refractivity contribution in [2.75, 3.05) is 16.6 Å². The first-order chi connectivity index (χ1) is 14.0. The molecule has 30 heavy (non-hydrogen) atoms. The zero-order chi connectivity index (χ0) is 22.1. The third-order valence-corrected chi connectivity index (χ3v) is 6.48. The Morgan fingerprint density at radius 2 is 1.70 bits per heavy atom. The molecular formula is C22H27N3O4S. The molecule has 160 valence electrons. The van der Waals surface area contributed by atoms with Gasteiger partial charge in [-0.3, -0.25) is 14.3 Å². The van der Waals surface area contributed by atoms with Gasteiger partial charge in [-0.2, -0.15) is 0 Å². The number of benzene rings is 2. The predicted molar refractivity (Wildman–Crippen MR) is 117 cm³/mol. The summed E-state index contributed by atoms with van der Waals surface area (Å²) in [4.78, 5) is 25.8. The van der Waals surface area contributed by atoms with Crippen molar-refractivity contribution in [2.24, 2.45) is 5.41 Å². The Bertz CT molecular complexity index is 1090. The fourth-order valence-electron chi connectivity index (χ4n) is 3.26. The summed E-state index contributed by atoms with van der Waals surface area (Å²) in [5, 5.41) is 2.80. The number of anilines is 2. The summed E-state index contributed by atoms with van der Waals surface area (Å²) in [6.07, 6.45) is 0.618. The standard InChI is InChI=1S/C22H27N3O4S/c1-15(26)25-12-11-16-7-5-10-20(19(16)14-25)30(28,29)24-18-9-6-8-17(13-18)23-21(27)22(2,3)4/h5-10,13,24H,11-12,14H2,1-4H3,(H,23,27). The molecule has 2 aromatic rings. The molecule has 0 fully saturated rings. The lowest BCUT2D eigenvalue weighted by Gasteiger charge is -2.29. The molecule has 1 aliphatic rings. The molecule has 0 atom stereocenters. The third kappa shape index (κ3) is 4.81. The molecular weight excluding hydrogens is 402 g/mol. The van der Waals surface area contributed by atoms with Crippen LogP contribution in [0.1, 0.15) is 38.8 Å². The highest BCUT2D eigenvalue weighted by Crippen LogP contribution is 2.28. The maximum Gasteiger partial charge on any atom is 0.262 e. The van der Waals surface area contributed by atoms with Gasteiger partial charge in [0.15, 0.2) is 0 Å². The van der Waals surface area contributed by atoms with Gasteiger partial charge in [0.25, 0.3) is 10.0 Å². The summed E-state index contributed by atoms with van der Waals surface area (Å²) in [7, 11) is -3.88. The lowest BCUT2D eigenvalue weighted by molar-refractivity contribution is -0.129. The average molecular weight is 430 g/mol. The van der Waals surface area contributed by atoms with Crippen LogP contribution in [0.4, 0.5) is 11.4 Å². The van der Waals surface area contributed by atoms with Crippen molar-refractivity contribution in [1.82, 2.24) is 4.90 Å². The minimum absolute atomic E-state index is 0.0805. The molecule has 2 N–H and O–H groups in total. The first-order valence-electron chi connectivity index (χ1n) is 9.78. The molecule has 2 amide bonds. The highest BCUT2D eigenvalue weighted by atomic mass is 32.2. The third-order valence-electron chi connectivity index (χ3n) is 5.02. The van der Waals surface area contributed by atoms with Crippen LogP contribution in [0.15, 0.2) is 47.4 Å². The molecule has 1 aliphatic heterocycles. The number of fused-ring (bicyclic) bond motifs is 1. The summed E-state index contributed by atoms with van der Waals surface area (Å²) in [5.41, 5.74) is 1.86. The van der Waals surface area contributed by atoms with Crippen LogP contribution in [0, 0.1) is 5.41 Å². The lowest BCUT2D eigenvalue weighted by atomic mass is 9.95. The second-order valence-corrected chi connectivity index (χ2v) is 10.1. The number of amides is 2. The van der Waals surface area contributed by atoms with Crippen molar-refractivity contribution in [2.45, 2.75) is 45.6 Å². The Labute approximate surface area is 177 Å². The number of nitrogens with one attached hydrogen (secondary N) is 2. The molecule has 8 heteroatoms. The maximum atomic E-state index is 13.1. The van der Waals surface area contributed by atoms with E-state index in [1.807, 2.05) is 6.07 Å². The molecule has 0 saturated carbocycles. The van der Waals surface area contributed by atoms with E-state index >= 15 is 0 Å². The Kier molecular flexibility index (Phi) is 5.90. The second kappa shape index (κ2) is 8.10. The van der Waals surface area contributed by atoms with E-state index in [-0.39, 0.29) is 23.3 Å². The van der Waals surface area contributed by atoms with Gasteiger partial charge in [-0.25, -0.2) is 8.42 Å². The molecule has 2 aromatic carbocycles. The smallest absolute Gasteiger partial charge is 0.262 e. The molecule has 0 spiro atoms. The van der Waals surface area contributed by atoms with Crippen molar-refractivity contribution in [3.05, 3.63) is 53.6 Å². The van der Waals surface area contributed by atoms with Crippen molar-refractivity contribution >= 4 is 33.2 Å². The van der Waals surface area contributed by atoms with Gasteiger partial charge >= 0.3 is 0 Å². The largest absolute Gasteiger partial charge is 0.338 e. The Morgan fingerprint density at radius 1 is 1.03 bits per heavy atom. The molecule has 1 heterocycles. The molecule has 0 unspecified atom stereocenters. The van der Waals surface area contributed by atoms with Gasteiger partial charge in [0, 0.05) is 31.1 Å².